The van der Waals surface area contributed by atoms with Gasteiger partial charge in [0.05, 0.1) is 22.2 Å². The van der Waals surface area contributed by atoms with Gasteiger partial charge in [-0.3, -0.25) is 10.2 Å². The lowest BCUT2D eigenvalue weighted by molar-refractivity contribution is -0.603. The number of hydrogen-bond acceptors (Lipinski definition) is 4. The van der Waals surface area contributed by atoms with Gasteiger partial charge in [-0.15, -0.1) is 12.4 Å². The number of fused-ring (bicyclic) bond motifs is 1. The first-order chi connectivity index (χ1) is 13.5. The molecule has 2 aromatic carbocycles. The summed E-state index contributed by atoms with van der Waals surface area (Å²) in [7, 11) is 0. The molecule has 0 atom stereocenters. The zero-order valence-corrected chi connectivity index (χ0v) is 15.8. The van der Waals surface area contributed by atoms with E-state index in [1.165, 1.54) is 24.5 Å². The van der Waals surface area contributed by atoms with Gasteiger partial charge in [0.25, 0.3) is 5.91 Å². The average molecular weight is 411 g/mol. The molecule has 2 heterocycles. The van der Waals surface area contributed by atoms with Crippen LogP contribution >= 0.6 is 12.4 Å². The van der Waals surface area contributed by atoms with Crippen molar-refractivity contribution >= 4 is 29.2 Å². The largest absolute Gasteiger partial charge is 0.619 e. The Labute approximate surface area is 171 Å². The van der Waals surface area contributed by atoms with Crippen molar-refractivity contribution in [2.75, 3.05) is 0 Å². The van der Waals surface area contributed by atoms with E-state index in [1.54, 1.807) is 24.3 Å². The van der Waals surface area contributed by atoms with Crippen LogP contribution in [0.25, 0.3) is 33.3 Å². The van der Waals surface area contributed by atoms with Crippen LogP contribution in [0, 0.1) is 11.0 Å². The number of hydrazine groups is 1. The van der Waals surface area contributed by atoms with Gasteiger partial charge in [-0.25, -0.2) is 15.2 Å². The topological polar surface area (TPSA) is 94.9 Å². The molecule has 1 amide bonds. The number of nitrogens with two attached hydrogens (primary N) is 1. The lowest BCUT2D eigenvalue weighted by Gasteiger charge is -2.09. The molecule has 0 aliphatic carbocycles. The molecule has 0 spiro atoms. The van der Waals surface area contributed by atoms with Crippen LogP contribution in [0.3, 0.4) is 0 Å². The summed E-state index contributed by atoms with van der Waals surface area (Å²) in [5.74, 6) is 4.49. The fourth-order valence-electron chi connectivity index (χ4n) is 3.04. The Balaban J connectivity index is 0.00000240. The van der Waals surface area contributed by atoms with E-state index in [4.69, 9.17) is 5.84 Å². The number of nitrogens with one attached hydrogen (secondary N) is 1. The van der Waals surface area contributed by atoms with Gasteiger partial charge in [-0.2, -0.15) is 4.73 Å². The molecule has 0 radical (unpaired) electrons. The minimum atomic E-state index is -0.511. The third-order valence-corrected chi connectivity index (χ3v) is 4.46. The van der Waals surface area contributed by atoms with Crippen LogP contribution in [0.15, 0.2) is 73.1 Å². The lowest BCUT2D eigenvalue weighted by Crippen LogP contribution is -2.31. The molecule has 0 bridgehead atoms. The number of hydrogen-bond donors (Lipinski definition) is 2. The maximum Gasteiger partial charge on any atom is 0.266 e. The fraction of sp³-hybridized carbons (Fsp3) is 0. The smallest absolute Gasteiger partial charge is 0.266 e. The maximum absolute atomic E-state index is 13.1. The second kappa shape index (κ2) is 8.22. The number of nitrogen functional groups attached to an aromatic ring is 1. The monoisotopic (exact) mass is 410 g/mol. The van der Waals surface area contributed by atoms with Crippen LogP contribution in [0.2, 0.25) is 0 Å². The normalized spacial score (nSPS) is 10.4. The predicted octanol–water partition coefficient (Wildman–Crippen LogP) is 3.37. The van der Waals surface area contributed by atoms with Gasteiger partial charge in [-0.1, -0.05) is 36.4 Å². The Morgan fingerprint density at radius 3 is 2.21 bits per heavy atom. The quantitative estimate of drug-likeness (QED) is 0.178. The highest BCUT2D eigenvalue weighted by Crippen LogP contribution is 2.27. The van der Waals surface area contributed by atoms with Gasteiger partial charge in [0.2, 0.25) is 0 Å². The SMILES string of the molecule is Cl.NNC(=O)c1cc(-c2ccc(-c3ccc(F)cc3)cc2)nc2cc[n+]([O-])cc12. The molecule has 0 unspecified atom stereocenters. The first kappa shape index (κ1) is 20.2. The minimum absolute atomic E-state index is 0. The van der Waals surface area contributed by atoms with Crippen LogP contribution in [0.5, 0.6) is 0 Å². The second-order valence-electron chi connectivity index (χ2n) is 6.22. The number of benzene rings is 2. The molecule has 4 rings (SSSR count). The van der Waals surface area contributed by atoms with Crippen molar-refractivity contribution in [3.8, 4) is 22.4 Å². The standard InChI is InChI=1S/C21H15FN4O2.ClH/c22-16-7-5-14(6-8-16)13-1-3-15(4-2-13)20-11-17(21(27)25-23)18-12-26(28)10-9-19(18)24-20;/h1-12H,23H2,(H,25,27);1H. The Hall–Kier alpha value is -3.55. The van der Waals surface area contributed by atoms with Crippen molar-refractivity contribution < 1.29 is 13.9 Å². The molecule has 8 heteroatoms. The van der Waals surface area contributed by atoms with Crippen molar-refractivity contribution in [3.63, 3.8) is 0 Å². The van der Waals surface area contributed by atoms with Crippen LogP contribution in [0.4, 0.5) is 4.39 Å². The van der Waals surface area contributed by atoms with E-state index in [-0.39, 0.29) is 23.8 Å². The molecule has 0 saturated carbocycles. The maximum atomic E-state index is 13.1. The van der Waals surface area contributed by atoms with E-state index in [0.717, 1.165) is 16.7 Å². The van der Waals surface area contributed by atoms with E-state index >= 15 is 0 Å². The Morgan fingerprint density at radius 1 is 1.00 bits per heavy atom. The van der Waals surface area contributed by atoms with Crippen molar-refractivity contribution in [2.24, 2.45) is 5.84 Å². The van der Waals surface area contributed by atoms with Crippen molar-refractivity contribution in [3.05, 3.63) is 89.6 Å². The fourth-order valence-corrected chi connectivity index (χ4v) is 3.04. The van der Waals surface area contributed by atoms with Crippen LogP contribution in [0.1, 0.15) is 10.4 Å². The summed E-state index contributed by atoms with van der Waals surface area (Å²) in [6, 6.07) is 16.9. The predicted molar refractivity (Wildman–Crippen MR) is 110 cm³/mol. The summed E-state index contributed by atoms with van der Waals surface area (Å²) < 4.78 is 13.7. The highest BCUT2D eigenvalue weighted by molar-refractivity contribution is 6.06. The number of aromatic nitrogens is 2. The van der Waals surface area contributed by atoms with Crippen LogP contribution in [-0.2, 0) is 0 Å². The number of amides is 1. The number of halogens is 2. The molecular weight excluding hydrogens is 395 g/mol. The van der Waals surface area contributed by atoms with Crippen molar-refractivity contribution in [1.82, 2.24) is 10.4 Å². The molecule has 0 fully saturated rings. The van der Waals surface area contributed by atoms with E-state index in [1.807, 2.05) is 24.3 Å². The molecule has 0 aliphatic rings. The molecule has 29 heavy (non-hydrogen) atoms. The van der Waals surface area contributed by atoms with E-state index < -0.39 is 5.91 Å². The Bertz CT molecular complexity index is 1180. The summed E-state index contributed by atoms with van der Waals surface area (Å²) >= 11 is 0. The van der Waals surface area contributed by atoms with Gasteiger partial charge in [0.15, 0.2) is 12.4 Å². The van der Waals surface area contributed by atoms with Gasteiger partial charge in [-0.05, 0) is 29.3 Å². The van der Waals surface area contributed by atoms with Gasteiger partial charge in [0, 0.05) is 11.6 Å². The Kier molecular flexibility index (Phi) is 5.72. The first-order valence-electron chi connectivity index (χ1n) is 8.46. The number of nitrogens with zero attached hydrogens (tertiary/aromatic N) is 2. The summed E-state index contributed by atoms with van der Waals surface area (Å²) in [6.45, 7) is 0. The van der Waals surface area contributed by atoms with Crippen molar-refractivity contribution in [1.29, 1.82) is 0 Å². The van der Waals surface area contributed by atoms with E-state index in [2.05, 4.69) is 10.4 Å². The Morgan fingerprint density at radius 2 is 1.59 bits per heavy atom. The zero-order chi connectivity index (χ0) is 19.7. The number of carbonyl (C=O) groups is 1. The zero-order valence-electron chi connectivity index (χ0n) is 15.0. The number of carbonyl (C=O) groups excluding carboxylic acids is 1. The average Bonchev–Trinajstić information content (AvgIpc) is 2.73. The van der Waals surface area contributed by atoms with Crippen molar-refractivity contribution in [2.45, 2.75) is 0 Å². The lowest BCUT2D eigenvalue weighted by atomic mass is 10.0. The first-order valence-corrected chi connectivity index (χ1v) is 8.46. The number of pyridine rings is 2. The molecule has 0 aliphatic heterocycles. The highest BCUT2D eigenvalue weighted by atomic mass is 35.5. The van der Waals surface area contributed by atoms with E-state index in [0.29, 0.717) is 21.3 Å². The molecular formula is C21H16ClFN4O2. The minimum Gasteiger partial charge on any atom is -0.619 e. The molecule has 3 N–H and O–H groups in total. The van der Waals surface area contributed by atoms with Crippen LogP contribution < -0.4 is 16.0 Å². The summed E-state index contributed by atoms with van der Waals surface area (Å²) in [6.07, 6.45) is 2.61. The van der Waals surface area contributed by atoms with Crippen LogP contribution in [-0.4, -0.2) is 10.9 Å². The number of rotatable bonds is 3. The van der Waals surface area contributed by atoms with Gasteiger partial charge < -0.3 is 5.21 Å². The molecule has 0 saturated heterocycles. The highest BCUT2D eigenvalue weighted by Gasteiger charge is 2.15. The molecule has 6 nitrogen and oxygen atoms in total. The summed E-state index contributed by atoms with van der Waals surface area (Å²) in [5, 5.41) is 12.0. The molecule has 146 valence electrons. The van der Waals surface area contributed by atoms with E-state index in [9.17, 15) is 14.4 Å². The third-order valence-electron chi connectivity index (χ3n) is 4.46. The molecule has 4 aromatic rings. The van der Waals surface area contributed by atoms with Gasteiger partial charge >= 0.3 is 0 Å². The van der Waals surface area contributed by atoms with Gasteiger partial charge in [0.1, 0.15) is 5.82 Å². The molecule has 2 aromatic heterocycles. The summed E-state index contributed by atoms with van der Waals surface area (Å²) in [4.78, 5) is 16.7. The second-order valence-corrected chi connectivity index (χ2v) is 6.22. The third kappa shape index (κ3) is 4.01. The summed E-state index contributed by atoms with van der Waals surface area (Å²) in [5.41, 5.74) is 6.04.